The number of fused-ring (bicyclic) bond motifs is 1. The van der Waals surface area contributed by atoms with Gasteiger partial charge in [0.25, 0.3) is 5.91 Å². The largest absolute Gasteiger partial charge is 0.489 e. The summed E-state index contributed by atoms with van der Waals surface area (Å²) < 4.78 is 17.0. The van der Waals surface area contributed by atoms with Gasteiger partial charge in [-0.15, -0.1) is 0 Å². The summed E-state index contributed by atoms with van der Waals surface area (Å²) in [5.41, 5.74) is 1.17. The Morgan fingerprint density at radius 2 is 1.97 bits per heavy atom. The number of rotatable bonds is 6. The molecule has 1 atom stereocenters. The molecule has 2 aliphatic heterocycles. The first-order chi connectivity index (χ1) is 14.2. The minimum Gasteiger partial charge on any atom is -0.489 e. The number of carbonyl (C=O) groups excluding carboxylic acids is 2. The summed E-state index contributed by atoms with van der Waals surface area (Å²) in [5.74, 6) is 0.623. The fourth-order valence-corrected chi connectivity index (χ4v) is 3.48. The quantitative estimate of drug-likeness (QED) is 0.812. The molecule has 1 saturated heterocycles. The number of carbonyl (C=O) groups is 2. The number of ether oxygens (including phenoxy) is 3. The molecule has 7 nitrogen and oxygen atoms in total. The number of amides is 2. The lowest BCUT2D eigenvalue weighted by Gasteiger charge is -2.28. The van der Waals surface area contributed by atoms with Gasteiger partial charge in [0, 0.05) is 6.61 Å². The Morgan fingerprint density at radius 1 is 1.14 bits per heavy atom. The SMILES string of the molecule is O=C(CN1C(=O)COc2ccccc21)Nc1ccccc1OCC1CCCCO1. The van der Waals surface area contributed by atoms with Crippen LogP contribution in [-0.4, -0.2) is 44.3 Å². The highest BCUT2D eigenvalue weighted by atomic mass is 16.5. The highest BCUT2D eigenvalue weighted by Crippen LogP contribution is 2.31. The van der Waals surface area contributed by atoms with E-state index in [2.05, 4.69) is 5.32 Å². The van der Waals surface area contributed by atoms with E-state index in [1.54, 1.807) is 18.2 Å². The summed E-state index contributed by atoms with van der Waals surface area (Å²) in [6.07, 6.45) is 3.29. The molecule has 2 aliphatic rings. The number of nitrogens with zero attached hydrogens (tertiary/aromatic N) is 1. The predicted octanol–water partition coefficient (Wildman–Crippen LogP) is 3.00. The standard InChI is InChI=1S/C22H24N2O5/c25-21(13-24-18-9-2-4-11-20(18)29-15-22(24)26)23-17-8-1-3-10-19(17)28-14-16-7-5-6-12-27-16/h1-4,8-11,16H,5-7,12-15H2,(H,23,25). The third-order valence-electron chi connectivity index (χ3n) is 4.97. The van der Waals surface area contributed by atoms with Crippen molar-refractivity contribution in [1.82, 2.24) is 0 Å². The summed E-state index contributed by atoms with van der Waals surface area (Å²) in [6, 6.07) is 14.5. The zero-order valence-corrected chi connectivity index (χ0v) is 16.1. The second-order valence-corrected chi connectivity index (χ2v) is 7.08. The van der Waals surface area contributed by atoms with Gasteiger partial charge >= 0.3 is 0 Å². The Morgan fingerprint density at radius 3 is 2.83 bits per heavy atom. The third-order valence-corrected chi connectivity index (χ3v) is 4.97. The monoisotopic (exact) mass is 396 g/mol. The van der Waals surface area contributed by atoms with Crippen molar-refractivity contribution in [2.75, 3.05) is 36.6 Å². The molecule has 0 radical (unpaired) electrons. The van der Waals surface area contributed by atoms with Gasteiger partial charge in [-0.2, -0.15) is 0 Å². The summed E-state index contributed by atoms with van der Waals surface area (Å²) >= 11 is 0. The van der Waals surface area contributed by atoms with Crippen LogP contribution in [0.4, 0.5) is 11.4 Å². The lowest BCUT2D eigenvalue weighted by molar-refractivity contribution is -0.123. The van der Waals surface area contributed by atoms with Crippen molar-refractivity contribution < 1.29 is 23.8 Å². The average Bonchev–Trinajstić information content (AvgIpc) is 2.76. The number of para-hydroxylation sites is 4. The molecular formula is C22H24N2O5. The Hall–Kier alpha value is -3.06. The topological polar surface area (TPSA) is 77.1 Å². The number of nitrogens with one attached hydrogen (secondary N) is 1. The van der Waals surface area contributed by atoms with E-state index in [1.807, 2.05) is 30.3 Å². The normalized spacial score (nSPS) is 18.6. The zero-order valence-electron chi connectivity index (χ0n) is 16.1. The maximum absolute atomic E-state index is 12.7. The summed E-state index contributed by atoms with van der Waals surface area (Å²) in [5, 5.41) is 2.86. The zero-order chi connectivity index (χ0) is 20.1. The van der Waals surface area contributed by atoms with E-state index in [0.29, 0.717) is 29.5 Å². The first-order valence-electron chi connectivity index (χ1n) is 9.86. The Balaban J connectivity index is 1.40. The molecule has 29 heavy (non-hydrogen) atoms. The molecule has 0 aliphatic carbocycles. The lowest BCUT2D eigenvalue weighted by Crippen LogP contribution is -2.43. The number of benzene rings is 2. The van der Waals surface area contributed by atoms with Crippen LogP contribution in [0.15, 0.2) is 48.5 Å². The van der Waals surface area contributed by atoms with E-state index in [1.165, 1.54) is 4.90 Å². The van der Waals surface area contributed by atoms with Crippen molar-refractivity contribution in [1.29, 1.82) is 0 Å². The van der Waals surface area contributed by atoms with Crippen molar-refractivity contribution >= 4 is 23.2 Å². The van der Waals surface area contributed by atoms with E-state index in [4.69, 9.17) is 14.2 Å². The molecule has 2 heterocycles. The van der Waals surface area contributed by atoms with Crippen LogP contribution in [0.1, 0.15) is 19.3 Å². The first-order valence-corrected chi connectivity index (χ1v) is 9.86. The van der Waals surface area contributed by atoms with Crippen LogP contribution in [-0.2, 0) is 14.3 Å². The van der Waals surface area contributed by atoms with Gasteiger partial charge in [-0.05, 0) is 43.5 Å². The van der Waals surface area contributed by atoms with Crippen molar-refractivity contribution in [3.8, 4) is 11.5 Å². The lowest BCUT2D eigenvalue weighted by atomic mass is 10.1. The van der Waals surface area contributed by atoms with Crippen LogP contribution in [0, 0.1) is 0 Å². The minimum absolute atomic E-state index is 0.0780. The third kappa shape index (κ3) is 4.68. The predicted molar refractivity (Wildman–Crippen MR) is 108 cm³/mol. The van der Waals surface area contributed by atoms with Crippen LogP contribution in [0.5, 0.6) is 11.5 Å². The van der Waals surface area contributed by atoms with Crippen molar-refractivity contribution in [3.05, 3.63) is 48.5 Å². The van der Waals surface area contributed by atoms with Gasteiger partial charge in [0.2, 0.25) is 5.91 Å². The molecule has 0 saturated carbocycles. The molecule has 2 aromatic carbocycles. The molecule has 2 amide bonds. The van der Waals surface area contributed by atoms with Crippen LogP contribution in [0.2, 0.25) is 0 Å². The molecule has 2 aromatic rings. The number of anilines is 2. The molecule has 0 aromatic heterocycles. The van der Waals surface area contributed by atoms with Crippen LogP contribution in [0.25, 0.3) is 0 Å². The van der Waals surface area contributed by atoms with Crippen LogP contribution < -0.4 is 19.7 Å². The van der Waals surface area contributed by atoms with E-state index in [9.17, 15) is 9.59 Å². The summed E-state index contributed by atoms with van der Waals surface area (Å²) in [4.78, 5) is 26.4. The molecule has 152 valence electrons. The van der Waals surface area contributed by atoms with E-state index in [-0.39, 0.29) is 31.1 Å². The molecule has 0 bridgehead atoms. The number of hydrogen-bond acceptors (Lipinski definition) is 5. The first kappa shape index (κ1) is 19.3. The molecule has 7 heteroatoms. The van der Waals surface area contributed by atoms with Crippen LogP contribution in [0.3, 0.4) is 0 Å². The van der Waals surface area contributed by atoms with Gasteiger partial charge in [-0.25, -0.2) is 0 Å². The molecule has 1 N–H and O–H groups in total. The van der Waals surface area contributed by atoms with Gasteiger partial charge in [0.15, 0.2) is 6.61 Å². The maximum atomic E-state index is 12.7. The van der Waals surface area contributed by atoms with Crippen LogP contribution >= 0.6 is 0 Å². The van der Waals surface area contributed by atoms with Crippen molar-refractivity contribution in [3.63, 3.8) is 0 Å². The molecule has 0 spiro atoms. The molecular weight excluding hydrogens is 372 g/mol. The fraction of sp³-hybridized carbons (Fsp3) is 0.364. The second-order valence-electron chi connectivity index (χ2n) is 7.08. The Bertz CT molecular complexity index is 879. The summed E-state index contributed by atoms with van der Waals surface area (Å²) in [7, 11) is 0. The van der Waals surface area contributed by atoms with Gasteiger partial charge in [0.1, 0.15) is 24.7 Å². The average molecular weight is 396 g/mol. The van der Waals surface area contributed by atoms with Crippen molar-refractivity contribution in [2.45, 2.75) is 25.4 Å². The van der Waals surface area contributed by atoms with Gasteiger partial charge in [-0.1, -0.05) is 24.3 Å². The molecule has 1 fully saturated rings. The van der Waals surface area contributed by atoms with Crippen molar-refractivity contribution in [2.24, 2.45) is 0 Å². The Kier molecular flexibility index (Phi) is 5.95. The van der Waals surface area contributed by atoms with Gasteiger partial charge in [-0.3, -0.25) is 14.5 Å². The smallest absolute Gasteiger partial charge is 0.265 e. The van der Waals surface area contributed by atoms with E-state index < -0.39 is 0 Å². The van der Waals surface area contributed by atoms with Gasteiger partial charge in [0.05, 0.1) is 17.5 Å². The summed E-state index contributed by atoms with van der Waals surface area (Å²) in [6.45, 7) is 1.04. The van der Waals surface area contributed by atoms with E-state index in [0.717, 1.165) is 25.9 Å². The van der Waals surface area contributed by atoms with Gasteiger partial charge < -0.3 is 19.5 Å². The molecule has 4 rings (SSSR count). The highest BCUT2D eigenvalue weighted by Gasteiger charge is 2.27. The Labute approximate surface area is 169 Å². The van der Waals surface area contributed by atoms with E-state index >= 15 is 0 Å². The second kappa shape index (κ2) is 8.96. The minimum atomic E-state index is -0.306. The maximum Gasteiger partial charge on any atom is 0.265 e. The molecule has 1 unspecified atom stereocenters. The number of hydrogen-bond donors (Lipinski definition) is 1. The fourth-order valence-electron chi connectivity index (χ4n) is 3.48. The highest BCUT2D eigenvalue weighted by molar-refractivity contribution is 6.05.